The summed E-state index contributed by atoms with van der Waals surface area (Å²) < 4.78 is 11.5. The van der Waals surface area contributed by atoms with Crippen molar-refractivity contribution in [3.8, 4) is 0 Å². The molecule has 3 nitrogen and oxygen atoms in total. The SMILES string of the molecule is C[C@@H]1C[C@@H](C)OC2=C(C=C[C@H]3[C@@H](C2)C3(C)C)C(=O)O1. The zero-order valence-electron chi connectivity index (χ0n) is 12.1. The van der Waals surface area contributed by atoms with Gasteiger partial charge in [0, 0.05) is 12.8 Å². The van der Waals surface area contributed by atoms with Gasteiger partial charge in [-0.1, -0.05) is 19.9 Å². The summed E-state index contributed by atoms with van der Waals surface area (Å²) >= 11 is 0. The minimum atomic E-state index is -0.232. The highest BCUT2D eigenvalue weighted by molar-refractivity contribution is 5.92. The number of allylic oxidation sites excluding steroid dienone is 2. The lowest BCUT2D eigenvalue weighted by molar-refractivity contribution is -0.146. The van der Waals surface area contributed by atoms with Crippen molar-refractivity contribution >= 4 is 5.97 Å². The van der Waals surface area contributed by atoms with Crippen LogP contribution in [0.3, 0.4) is 0 Å². The first-order valence-corrected chi connectivity index (χ1v) is 7.18. The van der Waals surface area contributed by atoms with Crippen LogP contribution in [0.4, 0.5) is 0 Å². The molecule has 0 bridgehead atoms. The van der Waals surface area contributed by atoms with Crippen molar-refractivity contribution in [1.29, 1.82) is 0 Å². The fraction of sp³-hybridized carbons (Fsp3) is 0.688. The van der Waals surface area contributed by atoms with Crippen LogP contribution in [-0.4, -0.2) is 18.2 Å². The third-order valence-corrected chi connectivity index (χ3v) is 4.85. The molecule has 0 spiro atoms. The Morgan fingerprint density at radius 3 is 2.63 bits per heavy atom. The molecule has 104 valence electrons. The van der Waals surface area contributed by atoms with E-state index in [1.165, 1.54) is 0 Å². The maximum atomic E-state index is 12.1. The summed E-state index contributed by atoms with van der Waals surface area (Å²) in [5.74, 6) is 1.75. The number of hydrogen-bond donors (Lipinski definition) is 0. The highest BCUT2D eigenvalue weighted by Gasteiger charge is 2.57. The Hall–Kier alpha value is -1.25. The predicted octanol–water partition coefficient (Wildman–Crippen LogP) is 3.21. The molecular weight excluding hydrogens is 240 g/mol. The molecule has 0 radical (unpaired) electrons. The van der Waals surface area contributed by atoms with E-state index in [0.29, 0.717) is 22.8 Å². The van der Waals surface area contributed by atoms with E-state index >= 15 is 0 Å². The molecule has 1 fully saturated rings. The highest BCUT2D eigenvalue weighted by Crippen LogP contribution is 2.62. The lowest BCUT2D eigenvalue weighted by Gasteiger charge is -2.26. The number of hydrogen-bond acceptors (Lipinski definition) is 3. The number of cyclic esters (lactones) is 1. The van der Waals surface area contributed by atoms with Crippen LogP contribution in [0.5, 0.6) is 0 Å². The zero-order chi connectivity index (χ0) is 13.8. The van der Waals surface area contributed by atoms with Crippen molar-refractivity contribution < 1.29 is 14.3 Å². The number of ether oxygens (including phenoxy) is 2. The Labute approximate surface area is 114 Å². The molecule has 0 saturated heterocycles. The quantitative estimate of drug-likeness (QED) is 0.629. The molecule has 0 aromatic carbocycles. The number of carbonyl (C=O) groups is 1. The zero-order valence-corrected chi connectivity index (χ0v) is 12.1. The molecule has 0 aromatic heterocycles. The monoisotopic (exact) mass is 262 g/mol. The largest absolute Gasteiger partial charge is 0.494 e. The standard InChI is InChI=1S/C16H22O3/c1-9-7-10(2)19-15(17)11-5-6-12-13(16(12,3)4)8-14(11)18-9/h5-6,9-10,12-13H,7-8H2,1-4H3/t9-,10-,12+,13-/m1/s1. The van der Waals surface area contributed by atoms with E-state index in [1.807, 2.05) is 19.9 Å². The van der Waals surface area contributed by atoms with Crippen LogP contribution in [0.1, 0.15) is 40.5 Å². The molecule has 3 rings (SSSR count). The Balaban J connectivity index is 1.92. The number of esters is 1. The van der Waals surface area contributed by atoms with E-state index in [0.717, 1.165) is 18.6 Å². The summed E-state index contributed by atoms with van der Waals surface area (Å²) in [5.41, 5.74) is 0.961. The van der Waals surface area contributed by atoms with E-state index in [9.17, 15) is 4.79 Å². The van der Waals surface area contributed by atoms with Crippen LogP contribution in [0.25, 0.3) is 0 Å². The Bertz CT molecular complexity index is 472. The summed E-state index contributed by atoms with van der Waals surface area (Å²) in [6.07, 6.45) is 5.70. The maximum Gasteiger partial charge on any atom is 0.341 e. The average molecular weight is 262 g/mol. The smallest absolute Gasteiger partial charge is 0.341 e. The summed E-state index contributed by atoms with van der Waals surface area (Å²) in [7, 11) is 0. The Morgan fingerprint density at radius 1 is 1.21 bits per heavy atom. The number of fused-ring (bicyclic) bond motifs is 1. The van der Waals surface area contributed by atoms with Gasteiger partial charge in [0.25, 0.3) is 0 Å². The average Bonchev–Trinajstić information content (AvgIpc) is 2.85. The molecule has 0 aromatic rings. The minimum absolute atomic E-state index is 0.0841. The van der Waals surface area contributed by atoms with E-state index in [1.54, 1.807) is 0 Å². The van der Waals surface area contributed by atoms with Gasteiger partial charge in [0.05, 0.1) is 11.7 Å². The second-order valence-electron chi connectivity index (χ2n) is 6.73. The van der Waals surface area contributed by atoms with E-state index in [2.05, 4.69) is 19.9 Å². The molecule has 1 aliphatic heterocycles. The van der Waals surface area contributed by atoms with Crippen molar-refractivity contribution in [2.24, 2.45) is 17.3 Å². The number of carbonyl (C=O) groups excluding carboxylic acids is 1. The molecule has 2 aliphatic carbocycles. The van der Waals surface area contributed by atoms with Gasteiger partial charge in [0.15, 0.2) is 0 Å². The van der Waals surface area contributed by atoms with Crippen LogP contribution in [0.2, 0.25) is 0 Å². The van der Waals surface area contributed by atoms with Gasteiger partial charge in [-0.15, -0.1) is 0 Å². The van der Waals surface area contributed by atoms with E-state index in [-0.39, 0.29) is 18.2 Å². The first-order chi connectivity index (χ1) is 8.89. The Morgan fingerprint density at radius 2 is 1.89 bits per heavy atom. The van der Waals surface area contributed by atoms with Crippen LogP contribution in [0, 0.1) is 17.3 Å². The first kappa shape index (κ1) is 12.8. The molecule has 4 atom stereocenters. The molecule has 0 unspecified atom stereocenters. The summed E-state index contributed by atoms with van der Waals surface area (Å²) in [6, 6.07) is 0. The summed E-state index contributed by atoms with van der Waals surface area (Å²) in [4.78, 5) is 12.1. The summed E-state index contributed by atoms with van der Waals surface area (Å²) in [5, 5.41) is 0. The fourth-order valence-electron chi connectivity index (χ4n) is 3.51. The topological polar surface area (TPSA) is 35.5 Å². The maximum absolute atomic E-state index is 12.1. The van der Waals surface area contributed by atoms with Crippen molar-refractivity contribution in [2.75, 3.05) is 0 Å². The van der Waals surface area contributed by atoms with Gasteiger partial charge in [-0.05, 0) is 37.2 Å². The summed E-state index contributed by atoms with van der Waals surface area (Å²) in [6.45, 7) is 8.53. The van der Waals surface area contributed by atoms with E-state index < -0.39 is 0 Å². The van der Waals surface area contributed by atoms with Gasteiger partial charge in [-0.2, -0.15) is 0 Å². The van der Waals surface area contributed by atoms with Gasteiger partial charge in [-0.3, -0.25) is 0 Å². The molecule has 3 aliphatic rings. The predicted molar refractivity (Wildman–Crippen MR) is 72.3 cm³/mol. The molecule has 0 amide bonds. The van der Waals surface area contributed by atoms with Crippen molar-refractivity contribution in [1.82, 2.24) is 0 Å². The van der Waals surface area contributed by atoms with Crippen molar-refractivity contribution in [2.45, 2.75) is 52.7 Å². The van der Waals surface area contributed by atoms with Gasteiger partial charge in [-0.25, -0.2) is 4.79 Å². The molecule has 3 heteroatoms. The third kappa shape index (κ3) is 2.09. The normalized spacial score (nSPS) is 40.1. The molecule has 19 heavy (non-hydrogen) atoms. The van der Waals surface area contributed by atoms with Gasteiger partial charge in [0.1, 0.15) is 11.9 Å². The highest BCUT2D eigenvalue weighted by atomic mass is 16.6. The van der Waals surface area contributed by atoms with Crippen LogP contribution >= 0.6 is 0 Å². The van der Waals surface area contributed by atoms with Gasteiger partial charge < -0.3 is 9.47 Å². The first-order valence-electron chi connectivity index (χ1n) is 7.18. The molecule has 1 saturated carbocycles. The van der Waals surface area contributed by atoms with Crippen LogP contribution < -0.4 is 0 Å². The second-order valence-corrected chi connectivity index (χ2v) is 6.73. The molecule has 0 N–H and O–H groups in total. The fourth-order valence-corrected chi connectivity index (χ4v) is 3.51. The van der Waals surface area contributed by atoms with Gasteiger partial charge >= 0.3 is 5.97 Å². The minimum Gasteiger partial charge on any atom is -0.494 e. The third-order valence-electron chi connectivity index (χ3n) is 4.85. The van der Waals surface area contributed by atoms with Crippen LogP contribution in [-0.2, 0) is 14.3 Å². The number of rotatable bonds is 0. The van der Waals surface area contributed by atoms with E-state index in [4.69, 9.17) is 9.47 Å². The van der Waals surface area contributed by atoms with Crippen molar-refractivity contribution in [3.05, 3.63) is 23.5 Å². The second kappa shape index (κ2) is 4.12. The van der Waals surface area contributed by atoms with Crippen molar-refractivity contribution in [3.63, 3.8) is 0 Å². The van der Waals surface area contributed by atoms with Gasteiger partial charge in [0.2, 0.25) is 0 Å². The van der Waals surface area contributed by atoms with Crippen LogP contribution in [0.15, 0.2) is 23.5 Å². The molecular formula is C16H22O3. The molecule has 1 heterocycles. The Kier molecular flexibility index (Phi) is 2.77. The lowest BCUT2D eigenvalue weighted by atomic mass is 10.0. The lowest BCUT2D eigenvalue weighted by Crippen LogP contribution is -2.26.